The SMILES string of the molecule is CCOc1ccc(C2=C(SCc3ccccc3)C(=O)N(c3ccc(C)c(C)c3)C2=O)cc1. The summed E-state index contributed by atoms with van der Waals surface area (Å²) in [5.74, 6) is 0.774. The van der Waals surface area contributed by atoms with Crippen LogP contribution < -0.4 is 9.64 Å². The summed E-state index contributed by atoms with van der Waals surface area (Å²) in [5, 5.41) is 0. The molecule has 4 rings (SSSR count). The number of anilines is 1. The molecule has 3 aromatic carbocycles. The molecule has 0 radical (unpaired) electrons. The van der Waals surface area contributed by atoms with E-state index in [0.717, 1.165) is 22.4 Å². The molecule has 0 saturated carbocycles. The smallest absolute Gasteiger partial charge is 0.272 e. The van der Waals surface area contributed by atoms with Gasteiger partial charge in [0.2, 0.25) is 0 Å². The topological polar surface area (TPSA) is 46.6 Å². The summed E-state index contributed by atoms with van der Waals surface area (Å²) in [7, 11) is 0. The minimum atomic E-state index is -0.294. The van der Waals surface area contributed by atoms with E-state index < -0.39 is 0 Å². The number of imide groups is 1. The van der Waals surface area contributed by atoms with Crippen molar-refractivity contribution in [3.05, 3.63) is 100.0 Å². The van der Waals surface area contributed by atoms with Crippen molar-refractivity contribution in [1.29, 1.82) is 0 Å². The molecular weight excluding hydrogens is 418 g/mol. The molecule has 3 aromatic rings. The molecule has 32 heavy (non-hydrogen) atoms. The minimum absolute atomic E-state index is 0.275. The number of hydrogen-bond acceptors (Lipinski definition) is 4. The number of rotatable bonds is 7. The van der Waals surface area contributed by atoms with Crippen LogP contribution in [0.2, 0.25) is 0 Å². The van der Waals surface area contributed by atoms with E-state index in [-0.39, 0.29) is 11.8 Å². The summed E-state index contributed by atoms with van der Waals surface area (Å²) in [4.78, 5) is 28.8. The van der Waals surface area contributed by atoms with Crippen LogP contribution in [0.25, 0.3) is 5.57 Å². The average Bonchev–Trinajstić information content (AvgIpc) is 3.05. The number of thioether (sulfide) groups is 1. The van der Waals surface area contributed by atoms with Crippen LogP contribution in [0.3, 0.4) is 0 Å². The number of carbonyl (C=O) groups is 2. The van der Waals surface area contributed by atoms with Gasteiger partial charge in [0.05, 0.1) is 22.8 Å². The highest BCUT2D eigenvalue weighted by Crippen LogP contribution is 2.40. The largest absolute Gasteiger partial charge is 0.494 e. The summed E-state index contributed by atoms with van der Waals surface area (Å²) in [6.07, 6.45) is 0. The molecule has 5 heteroatoms. The second-order valence-electron chi connectivity index (χ2n) is 7.65. The first kappa shape index (κ1) is 21.9. The lowest BCUT2D eigenvalue weighted by Gasteiger charge is -2.16. The fraction of sp³-hybridized carbons (Fsp3) is 0.185. The van der Waals surface area contributed by atoms with Gasteiger partial charge in [0.15, 0.2) is 0 Å². The highest BCUT2D eigenvalue weighted by molar-refractivity contribution is 8.03. The Morgan fingerprint density at radius 1 is 0.844 bits per heavy atom. The zero-order chi connectivity index (χ0) is 22.7. The maximum Gasteiger partial charge on any atom is 0.272 e. The number of amides is 2. The Morgan fingerprint density at radius 2 is 1.56 bits per heavy atom. The lowest BCUT2D eigenvalue weighted by molar-refractivity contribution is -0.119. The van der Waals surface area contributed by atoms with Gasteiger partial charge in [-0.05, 0) is 67.3 Å². The minimum Gasteiger partial charge on any atom is -0.494 e. The molecule has 1 aliphatic heterocycles. The van der Waals surface area contributed by atoms with E-state index in [0.29, 0.717) is 34.1 Å². The highest BCUT2D eigenvalue weighted by Gasteiger charge is 2.40. The molecule has 0 spiro atoms. The maximum absolute atomic E-state index is 13.5. The van der Waals surface area contributed by atoms with E-state index in [4.69, 9.17) is 4.74 Å². The Bertz CT molecular complexity index is 1180. The van der Waals surface area contributed by atoms with Crippen LogP contribution in [0.1, 0.15) is 29.2 Å². The van der Waals surface area contributed by atoms with E-state index in [1.807, 2.05) is 93.6 Å². The summed E-state index contributed by atoms with van der Waals surface area (Å²) in [6.45, 7) is 6.49. The molecule has 4 nitrogen and oxygen atoms in total. The summed E-state index contributed by atoms with van der Waals surface area (Å²) in [5.41, 5.74) is 5.01. The molecule has 0 aliphatic carbocycles. The van der Waals surface area contributed by atoms with Crippen LogP contribution in [0, 0.1) is 13.8 Å². The van der Waals surface area contributed by atoms with Crippen molar-refractivity contribution in [2.45, 2.75) is 26.5 Å². The maximum atomic E-state index is 13.5. The van der Waals surface area contributed by atoms with Crippen LogP contribution in [-0.2, 0) is 15.3 Å². The number of nitrogens with zero attached hydrogens (tertiary/aromatic N) is 1. The van der Waals surface area contributed by atoms with E-state index in [9.17, 15) is 9.59 Å². The van der Waals surface area contributed by atoms with E-state index >= 15 is 0 Å². The molecule has 0 aromatic heterocycles. The van der Waals surface area contributed by atoms with Gasteiger partial charge in [-0.3, -0.25) is 9.59 Å². The van der Waals surface area contributed by atoms with Gasteiger partial charge in [-0.25, -0.2) is 4.90 Å². The molecule has 0 saturated heterocycles. The third-order valence-corrected chi connectivity index (χ3v) is 6.62. The summed E-state index contributed by atoms with van der Waals surface area (Å²) in [6, 6.07) is 23.0. The Labute approximate surface area is 192 Å². The number of benzene rings is 3. The fourth-order valence-electron chi connectivity index (χ4n) is 3.61. The third kappa shape index (κ3) is 4.34. The molecule has 2 amide bonds. The molecule has 1 heterocycles. The van der Waals surface area contributed by atoms with Crippen LogP contribution in [0.15, 0.2) is 77.7 Å². The highest BCUT2D eigenvalue weighted by atomic mass is 32.2. The average molecular weight is 444 g/mol. The first-order chi connectivity index (χ1) is 15.5. The van der Waals surface area contributed by atoms with Gasteiger partial charge in [0, 0.05) is 5.75 Å². The van der Waals surface area contributed by atoms with Crippen molar-refractivity contribution in [2.24, 2.45) is 0 Å². The van der Waals surface area contributed by atoms with Crippen LogP contribution in [-0.4, -0.2) is 18.4 Å². The van der Waals surface area contributed by atoms with Gasteiger partial charge in [-0.15, -0.1) is 11.8 Å². The first-order valence-corrected chi connectivity index (χ1v) is 11.6. The van der Waals surface area contributed by atoms with Gasteiger partial charge >= 0.3 is 0 Å². The van der Waals surface area contributed by atoms with Crippen molar-refractivity contribution >= 4 is 34.8 Å². The molecule has 0 atom stereocenters. The predicted molar refractivity (Wildman–Crippen MR) is 131 cm³/mol. The van der Waals surface area contributed by atoms with E-state index in [1.54, 1.807) is 0 Å². The Morgan fingerprint density at radius 3 is 2.22 bits per heavy atom. The molecule has 162 valence electrons. The quantitative estimate of drug-likeness (QED) is 0.425. The van der Waals surface area contributed by atoms with Crippen molar-refractivity contribution in [3.8, 4) is 5.75 Å². The molecule has 0 bridgehead atoms. The molecule has 0 N–H and O–H groups in total. The monoisotopic (exact) mass is 443 g/mol. The molecule has 0 fully saturated rings. The van der Waals surface area contributed by atoms with Crippen LogP contribution in [0.5, 0.6) is 5.75 Å². The van der Waals surface area contributed by atoms with Gasteiger partial charge in [0.25, 0.3) is 11.8 Å². The van der Waals surface area contributed by atoms with Crippen molar-refractivity contribution in [2.75, 3.05) is 11.5 Å². The van der Waals surface area contributed by atoms with E-state index in [1.165, 1.54) is 16.7 Å². The van der Waals surface area contributed by atoms with Gasteiger partial charge in [-0.1, -0.05) is 48.5 Å². The van der Waals surface area contributed by atoms with Crippen molar-refractivity contribution in [3.63, 3.8) is 0 Å². The van der Waals surface area contributed by atoms with E-state index in [2.05, 4.69) is 0 Å². The molecule has 1 aliphatic rings. The van der Waals surface area contributed by atoms with Gasteiger partial charge in [-0.2, -0.15) is 0 Å². The number of ether oxygens (including phenoxy) is 1. The number of hydrogen-bond donors (Lipinski definition) is 0. The summed E-state index contributed by atoms with van der Waals surface area (Å²) >= 11 is 1.41. The Hall–Kier alpha value is -3.31. The van der Waals surface area contributed by atoms with Gasteiger partial charge in [0.1, 0.15) is 5.75 Å². The Kier molecular flexibility index (Phi) is 6.47. The predicted octanol–water partition coefficient (Wildman–Crippen LogP) is 5.92. The second kappa shape index (κ2) is 9.45. The zero-order valence-electron chi connectivity index (χ0n) is 18.4. The number of aryl methyl sites for hydroxylation is 2. The lowest BCUT2D eigenvalue weighted by atomic mass is 10.1. The standard InChI is InChI=1S/C27H25NO3S/c1-4-31-23-14-11-21(12-15-23)24-25(32-17-20-8-6-5-7-9-20)27(30)28(26(24)29)22-13-10-18(2)19(3)16-22/h5-16H,4,17H2,1-3H3. The van der Waals surface area contributed by atoms with Crippen molar-refractivity contribution < 1.29 is 14.3 Å². The fourth-order valence-corrected chi connectivity index (χ4v) is 4.68. The first-order valence-electron chi connectivity index (χ1n) is 10.6. The number of carbonyl (C=O) groups excluding carboxylic acids is 2. The lowest BCUT2D eigenvalue weighted by Crippen LogP contribution is -2.31. The normalized spacial score (nSPS) is 13.8. The van der Waals surface area contributed by atoms with Gasteiger partial charge < -0.3 is 4.74 Å². The zero-order valence-corrected chi connectivity index (χ0v) is 19.2. The molecule has 0 unspecified atom stereocenters. The van der Waals surface area contributed by atoms with Crippen LogP contribution >= 0.6 is 11.8 Å². The third-order valence-electron chi connectivity index (χ3n) is 5.47. The second-order valence-corrected chi connectivity index (χ2v) is 8.64. The van der Waals surface area contributed by atoms with Crippen LogP contribution in [0.4, 0.5) is 5.69 Å². The summed E-state index contributed by atoms with van der Waals surface area (Å²) < 4.78 is 5.53. The van der Waals surface area contributed by atoms with Crippen molar-refractivity contribution in [1.82, 2.24) is 0 Å². The molecular formula is C27H25NO3S. The Balaban J connectivity index is 1.73.